The lowest BCUT2D eigenvalue weighted by Gasteiger charge is -2.33. The van der Waals surface area contributed by atoms with Crippen molar-refractivity contribution in [3.05, 3.63) is 83.9 Å². The van der Waals surface area contributed by atoms with E-state index in [1.54, 1.807) is 0 Å². The standard InChI is InChI=1S/C28H32N4O2/c1-21-7-6-8-22(2)28(21)30-27(34)20-32-17-15-31(16-18-32)19-26(33)29-25-13-11-24(12-14-25)23-9-4-3-5-10-23/h3-14H,15-20H2,1-2H3,(H,29,33)(H,30,34). The maximum Gasteiger partial charge on any atom is 0.238 e. The summed E-state index contributed by atoms with van der Waals surface area (Å²) in [6.45, 7) is 7.77. The molecule has 0 saturated carbocycles. The average Bonchev–Trinajstić information content (AvgIpc) is 2.84. The molecule has 1 aliphatic heterocycles. The highest BCUT2D eigenvalue weighted by Gasteiger charge is 2.21. The summed E-state index contributed by atoms with van der Waals surface area (Å²) in [5.41, 5.74) is 6.11. The summed E-state index contributed by atoms with van der Waals surface area (Å²) in [6.07, 6.45) is 0. The van der Waals surface area contributed by atoms with Crippen LogP contribution in [0.4, 0.5) is 11.4 Å². The number of carbonyl (C=O) groups is 2. The van der Waals surface area contributed by atoms with Crippen molar-refractivity contribution in [3.63, 3.8) is 0 Å². The van der Waals surface area contributed by atoms with E-state index >= 15 is 0 Å². The van der Waals surface area contributed by atoms with Gasteiger partial charge >= 0.3 is 0 Å². The van der Waals surface area contributed by atoms with Crippen LogP contribution in [0.1, 0.15) is 11.1 Å². The van der Waals surface area contributed by atoms with Crippen molar-refractivity contribution in [2.45, 2.75) is 13.8 Å². The van der Waals surface area contributed by atoms with Crippen LogP contribution in [0.5, 0.6) is 0 Å². The van der Waals surface area contributed by atoms with E-state index in [0.717, 1.165) is 59.8 Å². The number of piperazine rings is 1. The van der Waals surface area contributed by atoms with Gasteiger partial charge in [0.05, 0.1) is 13.1 Å². The molecule has 6 nitrogen and oxygen atoms in total. The number of nitrogens with zero attached hydrogens (tertiary/aromatic N) is 2. The molecule has 0 unspecified atom stereocenters. The quantitative estimate of drug-likeness (QED) is 0.560. The fourth-order valence-corrected chi connectivity index (χ4v) is 4.28. The molecule has 0 aromatic heterocycles. The summed E-state index contributed by atoms with van der Waals surface area (Å²) in [7, 11) is 0. The number of amides is 2. The van der Waals surface area contributed by atoms with Gasteiger partial charge in [0.15, 0.2) is 0 Å². The van der Waals surface area contributed by atoms with Crippen LogP contribution in [0.25, 0.3) is 11.1 Å². The van der Waals surface area contributed by atoms with E-state index in [9.17, 15) is 9.59 Å². The zero-order valence-electron chi connectivity index (χ0n) is 19.9. The molecule has 2 amide bonds. The van der Waals surface area contributed by atoms with Crippen molar-refractivity contribution in [2.24, 2.45) is 0 Å². The molecule has 1 heterocycles. The van der Waals surface area contributed by atoms with Crippen LogP contribution in [0.2, 0.25) is 0 Å². The van der Waals surface area contributed by atoms with Crippen LogP contribution >= 0.6 is 0 Å². The molecule has 1 saturated heterocycles. The van der Waals surface area contributed by atoms with Crippen molar-refractivity contribution < 1.29 is 9.59 Å². The third-order valence-electron chi connectivity index (χ3n) is 6.22. The number of benzene rings is 3. The highest BCUT2D eigenvalue weighted by Crippen LogP contribution is 2.21. The van der Waals surface area contributed by atoms with Crippen LogP contribution in [0.15, 0.2) is 72.8 Å². The maximum atomic E-state index is 12.5. The van der Waals surface area contributed by atoms with E-state index in [-0.39, 0.29) is 11.8 Å². The highest BCUT2D eigenvalue weighted by atomic mass is 16.2. The summed E-state index contributed by atoms with van der Waals surface area (Å²) in [6, 6.07) is 24.1. The van der Waals surface area contributed by atoms with Gasteiger partial charge in [-0.15, -0.1) is 0 Å². The molecule has 3 aromatic rings. The largest absolute Gasteiger partial charge is 0.325 e. The first kappa shape index (κ1) is 23.7. The zero-order valence-corrected chi connectivity index (χ0v) is 19.9. The second-order valence-corrected chi connectivity index (χ2v) is 8.86. The minimum atomic E-state index is -0.0197. The third-order valence-corrected chi connectivity index (χ3v) is 6.22. The lowest BCUT2D eigenvalue weighted by Crippen LogP contribution is -2.50. The van der Waals surface area contributed by atoms with E-state index in [0.29, 0.717) is 13.1 Å². The SMILES string of the molecule is Cc1cccc(C)c1NC(=O)CN1CCN(CC(=O)Nc2ccc(-c3ccccc3)cc2)CC1. The Hall–Kier alpha value is -3.48. The number of rotatable bonds is 7. The van der Waals surface area contributed by atoms with Crippen molar-refractivity contribution in [1.29, 1.82) is 0 Å². The van der Waals surface area contributed by atoms with Crippen LogP contribution in [0.3, 0.4) is 0 Å². The van der Waals surface area contributed by atoms with Gasteiger partial charge in [0, 0.05) is 37.6 Å². The Morgan fingerprint density at radius 2 is 1.15 bits per heavy atom. The van der Waals surface area contributed by atoms with E-state index in [1.165, 1.54) is 0 Å². The molecule has 0 bridgehead atoms. The number of aryl methyl sites for hydroxylation is 2. The molecule has 1 fully saturated rings. The monoisotopic (exact) mass is 456 g/mol. The molecular formula is C28H32N4O2. The zero-order chi connectivity index (χ0) is 23.9. The molecular weight excluding hydrogens is 424 g/mol. The molecule has 2 N–H and O–H groups in total. The van der Waals surface area contributed by atoms with Gasteiger partial charge in [-0.3, -0.25) is 19.4 Å². The predicted molar refractivity (Wildman–Crippen MR) is 138 cm³/mol. The Kier molecular flexibility index (Phi) is 7.72. The van der Waals surface area contributed by atoms with Gasteiger partial charge in [-0.05, 0) is 48.2 Å². The molecule has 0 spiro atoms. The van der Waals surface area contributed by atoms with Gasteiger partial charge in [-0.2, -0.15) is 0 Å². The van der Waals surface area contributed by atoms with Gasteiger partial charge in [-0.1, -0.05) is 60.7 Å². The van der Waals surface area contributed by atoms with Gasteiger partial charge in [0.1, 0.15) is 0 Å². The Morgan fingerprint density at radius 3 is 1.71 bits per heavy atom. The van der Waals surface area contributed by atoms with Gasteiger partial charge in [0.25, 0.3) is 0 Å². The summed E-state index contributed by atoms with van der Waals surface area (Å²) >= 11 is 0. The molecule has 176 valence electrons. The molecule has 34 heavy (non-hydrogen) atoms. The normalized spacial score (nSPS) is 14.5. The van der Waals surface area contributed by atoms with Gasteiger partial charge < -0.3 is 10.6 Å². The third kappa shape index (κ3) is 6.31. The number of anilines is 2. The second kappa shape index (κ2) is 11.1. The molecule has 3 aromatic carbocycles. The number of carbonyl (C=O) groups excluding carboxylic acids is 2. The van der Waals surface area contributed by atoms with Crippen molar-refractivity contribution in [3.8, 4) is 11.1 Å². The van der Waals surface area contributed by atoms with Crippen molar-refractivity contribution >= 4 is 23.2 Å². The summed E-state index contributed by atoms with van der Waals surface area (Å²) in [5.74, 6) is -0.0174. The Balaban J connectivity index is 1.20. The molecule has 0 aliphatic carbocycles. The Bertz CT molecular complexity index is 1100. The lowest BCUT2D eigenvalue weighted by molar-refractivity contribution is -0.120. The summed E-state index contributed by atoms with van der Waals surface area (Å²) < 4.78 is 0. The predicted octanol–water partition coefficient (Wildman–Crippen LogP) is 4.17. The number of nitrogens with one attached hydrogen (secondary N) is 2. The van der Waals surface area contributed by atoms with E-state index in [1.807, 2.05) is 74.5 Å². The lowest BCUT2D eigenvalue weighted by atomic mass is 10.1. The van der Waals surface area contributed by atoms with Crippen LogP contribution < -0.4 is 10.6 Å². The molecule has 4 rings (SSSR count). The minimum absolute atomic E-state index is 0.00235. The molecule has 6 heteroatoms. The van der Waals surface area contributed by atoms with E-state index in [2.05, 4.69) is 32.6 Å². The smallest absolute Gasteiger partial charge is 0.238 e. The number of hydrogen-bond donors (Lipinski definition) is 2. The first-order chi connectivity index (χ1) is 16.5. The first-order valence-electron chi connectivity index (χ1n) is 11.7. The second-order valence-electron chi connectivity index (χ2n) is 8.86. The molecule has 1 aliphatic rings. The van der Waals surface area contributed by atoms with Crippen molar-refractivity contribution in [2.75, 3.05) is 49.9 Å². The van der Waals surface area contributed by atoms with Gasteiger partial charge in [0.2, 0.25) is 11.8 Å². The Labute approximate surface area is 201 Å². The van der Waals surface area contributed by atoms with Gasteiger partial charge in [-0.25, -0.2) is 0 Å². The van der Waals surface area contributed by atoms with Crippen LogP contribution in [-0.4, -0.2) is 60.9 Å². The maximum absolute atomic E-state index is 12.5. The minimum Gasteiger partial charge on any atom is -0.325 e. The topological polar surface area (TPSA) is 64.7 Å². The van der Waals surface area contributed by atoms with Crippen LogP contribution in [-0.2, 0) is 9.59 Å². The van der Waals surface area contributed by atoms with Crippen molar-refractivity contribution in [1.82, 2.24) is 9.80 Å². The fourth-order valence-electron chi connectivity index (χ4n) is 4.28. The molecule has 0 atom stereocenters. The summed E-state index contributed by atoms with van der Waals surface area (Å²) in [5, 5.41) is 6.04. The number of para-hydroxylation sites is 1. The van der Waals surface area contributed by atoms with E-state index in [4.69, 9.17) is 0 Å². The van der Waals surface area contributed by atoms with E-state index < -0.39 is 0 Å². The molecule has 0 radical (unpaired) electrons. The fraction of sp³-hybridized carbons (Fsp3) is 0.286. The Morgan fingerprint density at radius 1 is 0.647 bits per heavy atom. The highest BCUT2D eigenvalue weighted by molar-refractivity contribution is 5.94. The average molecular weight is 457 g/mol. The van der Waals surface area contributed by atoms with Crippen LogP contribution in [0, 0.1) is 13.8 Å². The first-order valence-corrected chi connectivity index (χ1v) is 11.7. The summed E-state index contributed by atoms with van der Waals surface area (Å²) in [4.78, 5) is 29.3. The number of hydrogen-bond acceptors (Lipinski definition) is 4.